The van der Waals surface area contributed by atoms with Crippen molar-refractivity contribution in [1.82, 2.24) is 19.5 Å². The molecule has 6 heteroatoms. The van der Waals surface area contributed by atoms with E-state index in [9.17, 15) is 0 Å². The van der Waals surface area contributed by atoms with Gasteiger partial charge in [0.15, 0.2) is 17.5 Å². The van der Waals surface area contributed by atoms with Gasteiger partial charge in [-0.25, -0.2) is 15.0 Å². The average Bonchev–Trinajstić information content (AvgIpc) is 4.10. The van der Waals surface area contributed by atoms with Crippen molar-refractivity contribution < 1.29 is 8.83 Å². The van der Waals surface area contributed by atoms with Gasteiger partial charge in [-0.05, 0) is 94.0 Å². The number of furan rings is 2. The van der Waals surface area contributed by atoms with Gasteiger partial charge in [0.1, 0.15) is 22.3 Å². The smallest absolute Gasteiger partial charge is 0.164 e. The van der Waals surface area contributed by atoms with E-state index >= 15 is 0 Å². The largest absolute Gasteiger partial charge is 0.456 e. The molecule has 0 unspecified atom stereocenters. The second-order valence-electron chi connectivity index (χ2n) is 17.6. The fraction of sp³-hybridized carbons (Fsp3) is 0. The molecule has 322 valence electrons. The van der Waals surface area contributed by atoms with Crippen LogP contribution in [0.1, 0.15) is 0 Å². The number of fused-ring (bicyclic) bond motifs is 9. The molecule has 0 atom stereocenters. The van der Waals surface area contributed by atoms with Crippen LogP contribution in [0.15, 0.2) is 239 Å². The third kappa shape index (κ3) is 6.53. The minimum atomic E-state index is 0.563. The van der Waals surface area contributed by atoms with Crippen LogP contribution in [0.5, 0.6) is 0 Å². The third-order valence-electron chi connectivity index (χ3n) is 13.5. The lowest BCUT2D eigenvalue weighted by Gasteiger charge is -2.11. The maximum absolute atomic E-state index is 6.67. The molecule has 4 aromatic heterocycles. The lowest BCUT2D eigenvalue weighted by Crippen LogP contribution is -2.00. The van der Waals surface area contributed by atoms with Crippen LogP contribution in [0, 0.1) is 0 Å². The van der Waals surface area contributed by atoms with Crippen LogP contribution < -0.4 is 0 Å². The summed E-state index contributed by atoms with van der Waals surface area (Å²) >= 11 is 0. The molecule has 0 radical (unpaired) electrons. The highest BCUT2D eigenvalue weighted by Crippen LogP contribution is 2.42. The summed E-state index contributed by atoms with van der Waals surface area (Å²) in [5, 5.41) is 6.44. The quantitative estimate of drug-likeness (QED) is 0.159. The summed E-state index contributed by atoms with van der Waals surface area (Å²) in [6.07, 6.45) is 0. The van der Waals surface area contributed by atoms with E-state index in [0.29, 0.717) is 17.5 Å². The van der Waals surface area contributed by atoms with Gasteiger partial charge in [-0.1, -0.05) is 164 Å². The van der Waals surface area contributed by atoms with Crippen LogP contribution in [0.4, 0.5) is 0 Å². The Labute approximate surface area is 396 Å². The van der Waals surface area contributed by atoms with E-state index in [1.54, 1.807) is 0 Å². The first-order valence-corrected chi connectivity index (χ1v) is 23.2. The molecule has 0 fully saturated rings. The fourth-order valence-corrected chi connectivity index (χ4v) is 10.1. The SMILES string of the molecule is c1ccc(-c2ccc(-c3nc(-c4ccccc4)nc(-c4cc(-c5ccc6oc7cc(-n8c9ccccc9c9cc(-c%10ccccc%10)ccc98)ccc7c6c5)cc5oc6ccccc6c45)n3)cc2)cc1. The van der Waals surface area contributed by atoms with Crippen molar-refractivity contribution >= 4 is 65.7 Å². The van der Waals surface area contributed by atoms with Crippen LogP contribution in [0.25, 0.3) is 139 Å². The first-order valence-electron chi connectivity index (χ1n) is 23.2. The third-order valence-corrected chi connectivity index (χ3v) is 13.5. The zero-order valence-corrected chi connectivity index (χ0v) is 37.0. The van der Waals surface area contributed by atoms with Crippen LogP contribution in [-0.2, 0) is 0 Å². The van der Waals surface area contributed by atoms with E-state index < -0.39 is 0 Å². The summed E-state index contributed by atoms with van der Waals surface area (Å²) in [5.74, 6) is 1.75. The maximum Gasteiger partial charge on any atom is 0.164 e. The molecule has 0 aliphatic heterocycles. The molecule has 0 amide bonds. The Morgan fingerprint density at radius 3 is 1.57 bits per heavy atom. The Morgan fingerprint density at radius 1 is 0.275 bits per heavy atom. The van der Waals surface area contributed by atoms with Crippen molar-refractivity contribution in [3.8, 4) is 73.2 Å². The summed E-state index contributed by atoms with van der Waals surface area (Å²) in [6.45, 7) is 0. The Kier molecular flexibility index (Phi) is 8.79. The van der Waals surface area contributed by atoms with E-state index in [1.807, 2.05) is 54.6 Å². The van der Waals surface area contributed by atoms with Gasteiger partial charge in [-0.2, -0.15) is 0 Å². The number of para-hydroxylation sites is 2. The summed E-state index contributed by atoms with van der Waals surface area (Å²) in [5.41, 5.74) is 15.9. The zero-order chi connectivity index (χ0) is 45.4. The molecule has 0 aliphatic rings. The highest BCUT2D eigenvalue weighted by atomic mass is 16.3. The number of rotatable bonds is 7. The zero-order valence-electron chi connectivity index (χ0n) is 37.0. The van der Waals surface area contributed by atoms with Crippen molar-refractivity contribution in [3.05, 3.63) is 231 Å². The van der Waals surface area contributed by atoms with Gasteiger partial charge >= 0.3 is 0 Å². The number of nitrogens with zero attached hydrogens (tertiary/aromatic N) is 4. The predicted molar refractivity (Wildman–Crippen MR) is 281 cm³/mol. The van der Waals surface area contributed by atoms with Crippen molar-refractivity contribution in [3.63, 3.8) is 0 Å². The molecule has 0 bridgehead atoms. The Hall–Kier alpha value is -9.39. The van der Waals surface area contributed by atoms with Gasteiger partial charge in [-0.15, -0.1) is 0 Å². The highest BCUT2D eigenvalue weighted by Gasteiger charge is 2.21. The summed E-state index contributed by atoms with van der Waals surface area (Å²) in [4.78, 5) is 15.6. The molecule has 0 aliphatic carbocycles. The van der Waals surface area contributed by atoms with Crippen molar-refractivity contribution in [2.45, 2.75) is 0 Å². The lowest BCUT2D eigenvalue weighted by atomic mass is 9.97. The van der Waals surface area contributed by atoms with E-state index in [-0.39, 0.29) is 0 Å². The van der Waals surface area contributed by atoms with Crippen molar-refractivity contribution in [1.29, 1.82) is 0 Å². The van der Waals surface area contributed by atoms with Crippen molar-refractivity contribution in [2.24, 2.45) is 0 Å². The number of aromatic nitrogens is 4. The minimum absolute atomic E-state index is 0.563. The van der Waals surface area contributed by atoms with Gasteiger partial charge in [0, 0.05) is 60.8 Å². The van der Waals surface area contributed by atoms with Crippen LogP contribution in [0.2, 0.25) is 0 Å². The Bertz CT molecular complexity index is 4290. The molecule has 0 spiro atoms. The molecule has 0 saturated carbocycles. The van der Waals surface area contributed by atoms with Crippen LogP contribution in [0.3, 0.4) is 0 Å². The molecule has 14 rings (SSSR count). The molecule has 0 saturated heterocycles. The molecule has 14 aromatic rings. The van der Waals surface area contributed by atoms with Crippen molar-refractivity contribution in [2.75, 3.05) is 0 Å². The number of hydrogen-bond acceptors (Lipinski definition) is 5. The van der Waals surface area contributed by atoms with E-state index in [4.69, 9.17) is 23.8 Å². The van der Waals surface area contributed by atoms with Crippen LogP contribution >= 0.6 is 0 Å². The van der Waals surface area contributed by atoms with Gasteiger partial charge in [-0.3, -0.25) is 0 Å². The standard InChI is InChI=1S/C63H38N4O2/c1-4-14-39(15-5-1)41-24-26-43(27-25-41)62-64-61(42-18-8-3-9-19-42)65-63(66-62)53-36-46(37-59-60(53)50-21-11-13-23-56(50)69-59)45-29-33-57-52(35-45)49-31-30-47(38-58(49)68-57)67-54-22-12-10-20-48(54)51-34-44(28-32-55(51)67)40-16-6-2-7-17-40/h1-38H. The lowest BCUT2D eigenvalue weighted by molar-refractivity contribution is 0.668. The molecular weight excluding hydrogens is 845 g/mol. The van der Waals surface area contributed by atoms with Gasteiger partial charge in [0.25, 0.3) is 0 Å². The summed E-state index contributed by atoms with van der Waals surface area (Å²) < 4.78 is 15.7. The molecule has 10 aromatic carbocycles. The first-order chi connectivity index (χ1) is 34.2. The van der Waals surface area contributed by atoms with Crippen LogP contribution in [-0.4, -0.2) is 19.5 Å². The normalized spacial score (nSPS) is 11.8. The summed E-state index contributed by atoms with van der Waals surface area (Å²) in [6, 6.07) is 80.4. The topological polar surface area (TPSA) is 69.9 Å². The Balaban J connectivity index is 0.908. The molecule has 69 heavy (non-hydrogen) atoms. The molecule has 4 heterocycles. The summed E-state index contributed by atoms with van der Waals surface area (Å²) in [7, 11) is 0. The predicted octanol–water partition coefficient (Wildman–Crippen LogP) is 16.8. The highest BCUT2D eigenvalue weighted by molar-refractivity contribution is 6.14. The van der Waals surface area contributed by atoms with Gasteiger partial charge in [0.05, 0.1) is 11.0 Å². The van der Waals surface area contributed by atoms with Gasteiger partial charge in [0.2, 0.25) is 0 Å². The van der Waals surface area contributed by atoms with E-state index in [2.05, 4.69) is 180 Å². The average molecular weight is 883 g/mol. The molecule has 6 nitrogen and oxygen atoms in total. The van der Waals surface area contributed by atoms with Gasteiger partial charge < -0.3 is 13.4 Å². The molecular formula is C63H38N4O2. The number of benzene rings is 10. The number of hydrogen-bond donors (Lipinski definition) is 0. The van der Waals surface area contributed by atoms with E-state index in [1.165, 1.54) is 21.9 Å². The fourth-order valence-electron chi connectivity index (χ4n) is 10.1. The monoisotopic (exact) mass is 882 g/mol. The second kappa shape index (κ2) is 15.6. The maximum atomic E-state index is 6.67. The molecule has 0 N–H and O–H groups in total. The minimum Gasteiger partial charge on any atom is -0.456 e. The van der Waals surface area contributed by atoms with E-state index in [0.717, 1.165) is 99.5 Å². The first kappa shape index (κ1) is 38.8. The second-order valence-corrected chi connectivity index (χ2v) is 17.6. The Morgan fingerprint density at radius 2 is 0.797 bits per heavy atom.